The van der Waals surface area contributed by atoms with E-state index in [0.717, 1.165) is 42.7 Å². The van der Waals surface area contributed by atoms with E-state index in [1.807, 2.05) is 54.6 Å². The van der Waals surface area contributed by atoms with Crippen LogP contribution in [0.4, 0.5) is 0 Å². The molecule has 3 rings (SSSR count). The average molecular weight is 427 g/mol. The summed E-state index contributed by atoms with van der Waals surface area (Å²) in [7, 11) is 0. The molecule has 106 valence electrons. The molecule has 0 aliphatic carbocycles. The Morgan fingerprint density at radius 3 is 2.38 bits per heavy atom. The van der Waals surface area contributed by atoms with Crippen molar-refractivity contribution in [2.75, 3.05) is 0 Å². The Bertz CT molecular complexity index is 802. The van der Waals surface area contributed by atoms with Gasteiger partial charge in [0.2, 0.25) is 0 Å². The molecule has 3 aromatic rings. The minimum absolute atomic E-state index is 0.729. The number of benzene rings is 3. The summed E-state index contributed by atoms with van der Waals surface area (Å²) >= 11 is 13.2. The highest BCUT2D eigenvalue weighted by Crippen LogP contribution is 2.36. The second kappa shape index (κ2) is 6.39. The maximum Gasteiger partial charge on any atom is 0.135 e. The minimum Gasteiger partial charge on any atom is -0.456 e. The average Bonchev–Trinajstić information content (AvgIpc) is 2.52. The number of rotatable bonds is 3. The van der Waals surface area contributed by atoms with Crippen molar-refractivity contribution in [3.8, 4) is 11.5 Å². The molecule has 4 heteroatoms. The Morgan fingerprint density at radius 1 is 0.905 bits per heavy atom. The lowest BCUT2D eigenvalue weighted by Gasteiger charge is -2.13. The Hall–Kier alpha value is -1.03. The third kappa shape index (κ3) is 3.10. The molecule has 0 saturated carbocycles. The maximum atomic E-state index is 6.24. The lowest BCUT2D eigenvalue weighted by molar-refractivity contribution is 0.484. The topological polar surface area (TPSA) is 9.23 Å². The normalized spacial score (nSPS) is 10.8. The van der Waals surface area contributed by atoms with Crippen LogP contribution in [-0.2, 0) is 5.33 Å². The van der Waals surface area contributed by atoms with Crippen molar-refractivity contribution >= 4 is 54.2 Å². The molecule has 0 heterocycles. The number of ether oxygens (including phenoxy) is 1. The zero-order valence-corrected chi connectivity index (χ0v) is 14.9. The first kappa shape index (κ1) is 14.9. The minimum atomic E-state index is 0.729. The summed E-state index contributed by atoms with van der Waals surface area (Å²) in [5.41, 5.74) is 1.09. The molecule has 0 radical (unpaired) electrons. The summed E-state index contributed by atoms with van der Waals surface area (Å²) in [5, 5.41) is 3.46. The van der Waals surface area contributed by atoms with Crippen molar-refractivity contribution in [3.63, 3.8) is 0 Å². The third-order valence-electron chi connectivity index (χ3n) is 3.22. The van der Waals surface area contributed by atoms with Crippen LogP contribution in [0, 0.1) is 0 Å². The molecule has 0 fully saturated rings. The number of alkyl halides is 1. The fourth-order valence-electron chi connectivity index (χ4n) is 2.19. The van der Waals surface area contributed by atoms with Gasteiger partial charge in [-0.15, -0.1) is 0 Å². The molecule has 0 saturated heterocycles. The molecule has 0 aliphatic rings. The second-order valence-corrected chi connectivity index (χ2v) is 6.46. The summed E-state index contributed by atoms with van der Waals surface area (Å²) in [5.74, 6) is 1.64. The third-order valence-corrected chi connectivity index (χ3v) is 4.64. The first-order chi connectivity index (χ1) is 10.2. The summed E-state index contributed by atoms with van der Waals surface area (Å²) in [6, 6.07) is 17.7. The molecule has 0 atom stereocenters. The standard InChI is InChI=1S/C17H11Br2ClO/c18-10-11-9-12(19)5-7-16(11)21-17-8-6-15(20)13-3-1-2-4-14(13)17/h1-9H,10H2. The lowest BCUT2D eigenvalue weighted by Crippen LogP contribution is -1.91. The Balaban J connectivity index is 2.09. The summed E-state index contributed by atoms with van der Waals surface area (Å²) < 4.78 is 7.15. The quantitative estimate of drug-likeness (QED) is 0.412. The molecule has 0 spiro atoms. The van der Waals surface area contributed by atoms with Crippen LogP contribution in [0.25, 0.3) is 10.8 Å². The Morgan fingerprint density at radius 2 is 1.62 bits per heavy atom. The molecular weight excluding hydrogens is 415 g/mol. The number of fused-ring (bicyclic) bond motifs is 1. The lowest BCUT2D eigenvalue weighted by atomic mass is 10.1. The summed E-state index contributed by atoms with van der Waals surface area (Å²) in [4.78, 5) is 0. The van der Waals surface area contributed by atoms with Crippen molar-refractivity contribution in [3.05, 3.63) is 69.7 Å². The molecule has 0 aliphatic heterocycles. The Labute approximate surface area is 145 Å². The van der Waals surface area contributed by atoms with Gasteiger partial charge in [-0.05, 0) is 30.3 Å². The van der Waals surface area contributed by atoms with Gasteiger partial charge >= 0.3 is 0 Å². The number of hydrogen-bond acceptors (Lipinski definition) is 1. The van der Waals surface area contributed by atoms with Crippen LogP contribution in [0.2, 0.25) is 5.02 Å². The van der Waals surface area contributed by atoms with Gasteiger partial charge in [0.15, 0.2) is 0 Å². The van der Waals surface area contributed by atoms with Crippen molar-refractivity contribution < 1.29 is 4.74 Å². The van der Waals surface area contributed by atoms with Crippen LogP contribution in [0.3, 0.4) is 0 Å². The van der Waals surface area contributed by atoms with Gasteiger partial charge in [-0.3, -0.25) is 0 Å². The number of halogens is 3. The van der Waals surface area contributed by atoms with Crippen molar-refractivity contribution in [2.24, 2.45) is 0 Å². The largest absolute Gasteiger partial charge is 0.456 e. The number of hydrogen-bond donors (Lipinski definition) is 0. The van der Waals surface area contributed by atoms with Crippen molar-refractivity contribution in [2.45, 2.75) is 5.33 Å². The second-order valence-electron chi connectivity index (χ2n) is 4.58. The van der Waals surface area contributed by atoms with Gasteiger partial charge < -0.3 is 4.74 Å². The van der Waals surface area contributed by atoms with Gasteiger partial charge in [0.25, 0.3) is 0 Å². The van der Waals surface area contributed by atoms with E-state index < -0.39 is 0 Å². The summed E-state index contributed by atoms with van der Waals surface area (Å²) in [6.07, 6.45) is 0. The van der Waals surface area contributed by atoms with Crippen LogP contribution in [-0.4, -0.2) is 0 Å². The fourth-order valence-corrected chi connectivity index (χ4v) is 3.27. The van der Waals surface area contributed by atoms with Crippen molar-refractivity contribution in [1.29, 1.82) is 0 Å². The van der Waals surface area contributed by atoms with Gasteiger partial charge in [-0.1, -0.05) is 67.7 Å². The molecular formula is C17H11Br2ClO. The monoisotopic (exact) mass is 424 g/mol. The molecule has 0 amide bonds. The molecule has 0 aromatic heterocycles. The van der Waals surface area contributed by atoms with Gasteiger partial charge in [-0.2, -0.15) is 0 Å². The Kier molecular flexibility index (Phi) is 4.53. The van der Waals surface area contributed by atoms with Crippen LogP contribution < -0.4 is 4.74 Å². The zero-order chi connectivity index (χ0) is 14.8. The highest BCUT2D eigenvalue weighted by molar-refractivity contribution is 9.10. The highest BCUT2D eigenvalue weighted by Gasteiger charge is 2.09. The molecule has 0 bridgehead atoms. The maximum absolute atomic E-state index is 6.24. The predicted octanol–water partition coefficient (Wildman–Crippen LogP) is 6.94. The molecule has 21 heavy (non-hydrogen) atoms. The van der Waals surface area contributed by atoms with Crippen LogP contribution >= 0.6 is 43.5 Å². The van der Waals surface area contributed by atoms with Crippen LogP contribution in [0.1, 0.15) is 5.56 Å². The predicted molar refractivity (Wildman–Crippen MR) is 95.8 cm³/mol. The van der Waals surface area contributed by atoms with Gasteiger partial charge in [0.05, 0.1) is 0 Å². The molecule has 3 aromatic carbocycles. The van der Waals surface area contributed by atoms with E-state index in [-0.39, 0.29) is 0 Å². The molecule has 0 unspecified atom stereocenters. The van der Waals surface area contributed by atoms with E-state index in [1.165, 1.54) is 0 Å². The first-order valence-corrected chi connectivity index (χ1v) is 8.68. The van der Waals surface area contributed by atoms with Crippen LogP contribution in [0.15, 0.2) is 59.1 Å². The molecule has 1 nitrogen and oxygen atoms in total. The van der Waals surface area contributed by atoms with E-state index in [1.54, 1.807) is 0 Å². The first-order valence-electron chi connectivity index (χ1n) is 6.38. The van der Waals surface area contributed by atoms with Gasteiger partial charge in [-0.25, -0.2) is 0 Å². The molecule has 0 N–H and O–H groups in total. The zero-order valence-electron chi connectivity index (χ0n) is 10.9. The fraction of sp³-hybridized carbons (Fsp3) is 0.0588. The van der Waals surface area contributed by atoms with Crippen molar-refractivity contribution in [1.82, 2.24) is 0 Å². The van der Waals surface area contributed by atoms with E-state index in [4.69, 9.17) is 16.3 Å². The van der Waals surface area contributed by atoms with Crippen LogP contribution in [0.5, 0.6) is 11.5 Å². The highest BCUT2D eigenvalue weighted by atomic mass is 79.9. The van der Waals surface area contributed by atoms with E-state index in [9.17, 15) is 0 Å². The van der Waals surface area contributed by atoms with Gasteiger partial charge in [0, 0.05) is 31.2 Å². The van der Waals surface area contributed by atoms with E-state index in [0.29, 0.717) is 0 Å². The van der Waals surface area contributed by atoms with Gasteiger partial charge in [0.1, 0.15) is 11.5 Å². The summed E-state index contributed by atoms with van der Waals surface area (Å²) in [6.45, 7) is 0. The van der Waals surface area contributed by atoms with E-state index >= 15 is 0 Å². The smallest absolute Gasteiger partial charge is 0.135 e. The van der Waals surface area contributed by atoms with E-state index in [2.05, 4.69) is 31.9 Å². The SMILES string of the molecule is Clc1ccc(Oc2ccc(Br)cc2CBr)c2ccccc12.